The Labute approximate surface area is 201 Å². The molecule has 1 N–H and O–H groups in total. The van der Waals surface area contributed by atoms with Crippen LogP contribution in [-0.2, 0) is 10.0 Å². The molecule has 0 aliphatic rings. The number of benzene rings is 2. The van der Waals surface area contributed by atoms with E-state index in [2.05, 4.69) is 24.7 Å². The Morgan fingerprint density at radius 2 is 1.56 bits per heavy atom. The van der Waals surface area contributed by atoms with Crippen molar-refractivity contribution < 1.29 is 17.9 Å². The largest absolute Gasteiger partial charge is 0.493 e. The summed E-state index contributed by atoms with van der Waals surface area (Å²) in [5.41, 5.74) is 0.706. The smallest absolute Gasteiger partial charge is 0.256 e. The van der Waals surface area contributed by atoms with Crippen molar-refractivity contribution >= 4 is 33.5 Å². The number of nitrogens with one attached hydrogen (secondary N) is 1. The zero-order chi connectivity index (χ0) is 24.0. The lowest BCUT2D eigenvalue weighted by Gasteiger charge is -2.15. The molecule has 0 aliphatic heterocycles. The van der Waals surface area contributed by atoms with E-state index in [0.717, 1.165) is 5.41 Å². The van der Waals surface area contributed by atoms with E-state index in [9.17, 15) is 8.42 Å². The normalized spacial score (nSPS) is 11.4. The molecule has 4 aromatic rings. The Bertz CT molecular complexity index is 1420. The Balaban J connectivity index is 1.76. The van der Waals surface area contributed by atoms with E-state index in [0.29, 0.717) is 17.1 Å². The number of aromatic nitrogens is 4. The number of anilines is 1. The molecule has 0 amide bonds. The van der Waals surface area contributed by atoms with Gasteiger partial charge in [0, 0.05) is 12.4 Å². The van der Waals surface area contributed by atoms with Gasteiger partial charge in [-0.1, -0.05) is 54.1 Å². The number of ether oxygens (including phenoxy) is 2. The minimum absolute atomic E-state index is 0.0164. The summed E-state index contributed by atoms with van der Waals surface area (Å²) in [6, 6.07) is 17.4. The molecule has 0 bridgehead atoms. The molecule has 11 heteroatoms. The van der Waals surface area contributed by atoms with Crippen LogP contribution in [0.15, 0.2) is 78.5 Å². The molecule has 0 spiro atoms. The van der Waals surface area contributed by atoms with Crippen LogP contribution < -0.4 is 14.2 Å². The SMILES string of the molecule is COc1ccccc1Oc1c(Cl)nc(-c2ncccn2)nc1NS(=O)(=O)C=Cc1ccccc1. The number of methoxy groups -OCH3 is 1. The monoisotopic (exact) mass is 495 g/mol. The molecule has 0 radical (unpaired) electrons. The summed E-state index contributed by atoms with van der Waals surface area (Å²) in [5, 5.41) is 0.872. The van der Waals surface area contributed by atoms with Crippen LogP contribution in [0.4, 0.5) is 5.82 Å². The summed E-state index contributed by atoms with van der Waals surface area (Å²) in [4.78, 5) is 16.7. The summed E-state index contributed by atoms with van der Waals surface area (Å²) in [6.45, 7) is 0. The number of hydrogen-bond acceptors (Lipinski definition) is 8. The van der Waals surface area contributed by atoms with Crippen molar-refractivity contribution in [3.63, 3.8) is 0 Å². The van der Waals surface area contributed by atoms with Gasteiger partial charge >= 0.3 is 0 Å². The van der Waals surface area contributed by atoms with Crippen LogP contribution >= 0.6 is 11.6 Å². The van der Waals surface area contributed by atoms with Crippen LogP contribution in [0, 0.1) is 0 Å². The molecule has 0 saturated heterocycles. The first-order valence-electron chi connectivity index (χ1n) is 9.87. The fourth-order valence-corrected chi connectivity index (χ4v) is 3.83. The minimum Gasteiger partial charge on any atom is -0.493 e. The third-order valence-corrected chi connectivity index (χ3v) is 5.58. The van der Waals surface area contributed by atoms with E-state index in [4.69, 9.17) is 21.1 Å². The zero-order valence-corrected chi connectivity index (χ0v) is 19.4. The molecule has 0 unspecified atom stereocenters. The lowest BCUT2D eigenvalue weighted by Crippen LogP contribution is -2.13. The predicted molar refractivity (Wildman–Crippen MR) is 129 cm³/mol. The van der Waals surface area contributed by atoms with Crippen LogP contribution in [0.1, 0.15) is 5.56 Å². The Morgan fingerprint density at radius 3 is 2.26 bits per heavy atom. The summed E-state index contributed by atoms with van der Waals surface area (Å²) in [7, 11) is -2.53. The Morgan fingerprint density at radius 1 is 0.882 bits per heavy atom. The third-order valence-electron chi connectivity index (χ3n) is 4.35. The van der Waals surface area contributed by atoms with Crippen molar-refractivity contribution in [3.05, 3.63) is 89.2 Å². The van der Waals surface area contributed by atoms with Crippen LogP contribution in [0.25, 0.3) is 17.7 Å². The van der Waals surface area contributed by atoms with E-state index in [1.807, 2.05) is 6.07 Å². The summed E-state index contributed by atoms with van der Waals surface area (Å²) in [6.07, 6.45) is 4.46. The second-order valence-corrected chi connectivity index (χ2v) is 8.63. The molecule has 0 fully saturated rings. The van der Waals surface area contributed by atoms with E-state index < -0.39 is 10.0 Å². The molecule has 34 heavy (non-hydrogen) atoms. The fourth-order valence-electron chi connectivity index (χ4n) is 2.81. The van der Waals surface area contributed by atoms with Crippen molar-refractivity contribution in [2.24, 2.45) is 0 Å². The maximum atomic E-state index is 12.8. The first kappa shape index (κ1) is 23.1. The van der Waals surface area contributed by atoms with Gasteiger partial charge in [-0.3, -0.25) is 4.72 Å². The van der Waals surface area contributed by atoms with Crippen LogP contribution in [0.2, 0.25) is 5.15 Å². The first-order chi connectivity index (χ1) is 16.4. The highest BCUT2D eigenvalue weighted by atomic mass is 35.5. The van der Waals surface area contributed by atoms with Gasteiger partial charge in [-0.15, -0.1) is 0 Å². The van der Waals surface area contributed by atoms with Gasteiger partial charge in [-0.05, 0) is 29.8 Å². The predicted octanol–water partition coefficient (Wildman–Crippen LogP) is 4.80. The lowest BCUT2D eigenvalue weighted by atomic mass is 10.2. The van der Waals surface area contributed by atoms with Crippen molar-refractivity contribution in [3.8, 4) is 28.9 Å². The van der Waals surface area contributed by atoms with E-state index in [1.165, 1.54) is 25.6 Å². The average Bonchev–Trinajstić information content (AvgIpc) is 2.86. The van der Waals surface area contributed by atoms with E-state index in [1.54, 1.807) is 54.6 Å². The highest BCUT2D eigenvalue weighted by molar-refractivity contribution is 7.95. The number of para-hydroxylation sites is 2. The van der Waals surface area contributed by atoms with Gasteiger partial charge in [0.25, 0.3) is 10.0 Å². The number of nitrogens with zero attached hydrogens (tertiary/aromatic N) is 4. The molecule has 2 aromatic heterocycles. The highest BCUT2D eigenvalue weighted by Crippen LogP contribution is 2.39. The van der Waals surface area contributed by atoms with Crippen molar-refractivity contribution in [2.75, 3.05) is 11.8 Å². The number of halogens is 1. The molecule has 0 aliphatic carbocycles. The van der Waals surface area contributed by atoms with Crippen molar-refractivity contribution in [1.82, 2.24) is 19.9 Å². The molecule has 9 nitrogen and oxygen atoms in total. The molecular formula is C23H18ClN5O4S. The second kappa shape index (κ2) is 10.3. The molecule has 0 atom stereocenters. The van der Waals surface area contributed by atoms with E-state index in [-0.39, 0.29) is 28.4 Å². The number of rotatable bonds is 8. The third kappa shape index (κ3) is 5.66. The van der Waals surface area contributed by atoms with Crippen LogP contribution in [0.3, 0.4) is 0 Å². The zero-order valence-electron chi connectivity index (χ0n) is 17.8. The van der Waals surface area contributed by atoms with Gasteiger partial charge in [-0.25, -0.2) is 28.4 Å². The Hall–Kier alpha value is -4.02. The minimum atomic E-state index is -4.01. The summed E-state index contributed by atoms with van der Waals surface area (Å²) < 4.78 is 39.3. The standard InChI is InChI=1S/C23H18ClN5O4S/c1-32-17-10-5-6-11-18(17)33-19-20(24)27-23(22-25-13-7-14-26-22)28-21(19)29-34(30,31)15-12-16-8-3-2-4-9-16/h2-15H,1H3,(H,27,28,29). The van der Waals surface area contributed by atoms with Gasteiger partial charge in [0.2, 0.25) is 11.6 Å². The van der Waals surface area contributed by atoms with E-state index >= 15 is 0 Å². The second-order valence-electron chi connectivity index (χ2n) is 6.70. The number of hydrogen-bond donors (Lipinski definition) is 1. The highest BCUT2D eigenvalue weighted by Gasteiger charge is 2.22. The van der Waals surface area contributed by atoms with Gasteiger partial charge < -0.3 is 9.47 Å². The molecule has 4 rings (SSSR count). The van der Waals surface area contributed by atoms with Gasteiger partial charge in [0.1, 0.15) is 0 Å². The molecule has 172 valence electrons. The Kier molecular flexibility index (Phi) is 7.00. The number of sulfonamides is 1. The molecule has 2 aromatic carbocycles. The molecule has 0 saturated carbocycles. The van der Waals surface area contributed by atoms with Crippen LogP contribution in [0.5, 0.6) is 17.2 Å². The van der Waals surface area contributed by atoms with Gasteiger partial charge in [0.05, 0.1) is 12.5 Å². The average molecular weight is 496 g/mol. The summed E-state index contributed by atoms with van der Waals surface area (Å²) in [5.74, 6) is 0.580. The maximum Gasteiger partial charge on any atom is 0.256 e. The maximum absolute atomic E-state index is 12.8. The van der Waals surface area contributed by atoms with Crippen molar-refractivity contribution in [1.29, 1.82) is 0 Å². The first-order valence-corrected chi connectivity index (χ1v) is 11.8. The molecular weight excluding hydrogens is 478 g/mol. The fraction of sp³-hybridized carbons (Fsp3) is 0.0435. The van der Waals surface area contributed by atoms with Gasteiger partial charge in [-0.2, -0.15) is 0 Å². The lowest BCUT2D eigenvalue weighted by molar-refractivity contribution is 0.378. The van der Waals surface area contributed by atoms with Gasteiger partial charge in [0.15, 0.2) is 28.3 Å². The van der Waals surface area contributed by atoms with Crippen LogP contribution in [-0.4, -0.2) is 35.5 Å². The van der Waals surface area contributed by atoms with Crippen molar-refractivity contribution in [2.45, 2.75) is 0 Å². The summed E-state index contributed by atoms with van der Waals surface area (Å²) >= 11 is 6.41. The molecule has 2 heterocycles. The quantitative estimate of drug-likeness (QED) is 0.346. The topological polar surface area (TPSA) is 116 Å².